The van der Waals surface area contributed by atoms with Crippen molar-refractivity contribution in [2.24, 2.45) is 0 Å². The second-order valence-corrected chi connectivity index (χ2v) is 4.13. The van der Waals surface area contributed by atoms with Crippen molar-refractivity contribution in [2.45, 2.75) is 24.6 Å². The first-order chi connectivity index (χ1) is 7.22. The van der Waals surface area contributed by atoms with Gasteiger partial charge in [-0.1, -0.05) is 30.3 Å². The normalized spacial score (nSPS) is 22.3. The summed E-state index contributed by atoms with van der Waals surface area (Å²) in [6.45, 7) is 1.37. The fourth-order valence-corrected chi connectivity index (χ4v) is 2.05. The first kappa shape index (κ1) is 10.6. The SMILES string of the molecule is OC1(C(F)c2ccccc2)CCNCC1. The highest BCUT2D eigenvalue weighted by atomic mass is 19.1. The summed E-state index contributed by atoms with van der Waals surface area (Å²) in [5.41, 5.74) is -0.617. The third-order valence-corrected chi connectivity index (χ3v) is 3.03. The topological polar surface area (TPSA) is 32.3 Å². The van der Waals surface area contributed by atoms with Crippen LogP contribution in [0.3, 0.4) is 0 Å². The molecule has 1 unspecified atom stereocenters. The molecule has 3 heteroatoms. The van der Waals surface area contributed by atoms with Crippen LogP contribution in [0.2, 0.25) is 0 Å². The van der Waals surface area contributed by atoms with Gasteiger partial charge in [-0.3, -0.25) is 0 Å². The summed E-state index contributed by atoms with van der Waals surface area (Å²) in [6.07, 6.45) is -0.327. The first-order valence-corrected chi connectivity index (χ1v) is 5.34. The van der Waals surface area contributed by atoms with Crippen LogP contribution in [0, 0.1) is 0 Å². The zero-order valence-electron chi connectivity index (χ0n) is 8.62. The van der Waals surface area contributed by atoms with Crippen molar-refractivity contribution >= 4 is 0 Å². The average molecular weight is 209 g/mol. The number of halogens is 1. The Balaban J connectivity index is 2.16. The Hall–Kier alpha value is -0.930. The van der Waals surface area contributed by atoms with Gasteiger partial charge in [0.15, 0.2) is 6.17 Å². The van der Waals surface area contributed by atoms with Crippen LogP contribution < -0.4 is 5.32 Å². The van der Waals surface area contributed by atoms with Gasteiger partial charge in [-0.25, -0.2) is 4.39 Å². The summed E-state index contributed by atoms with van der Waals surface area (Å²) >= 11 is 0. The summed E-state index contributed by atoms with van der Waals surface area (Å²) < 4.78 is 14.1. The van der Waals surface area contributed by atoms with Crippen molar-refractivity contribution in [3.05, 3.63) is 35.9 Å². The van der Waals surface area contributed by atoms with Crippen molar-refractivity contribution in [1.29, 1.82) is 0 Å². The molecule has 1 saturated heterocycles. The molecule has 2 nitrogen and oxygen atoms in total. The van der Waals surface area contributed by atoms with E-state index in [-0.39, 0.29) is 0 Å². The number of alkyl halides is 1. The Morgan fingerprint density at radius 3 is 2.40 bits per heavy atom. The fraction of sp³-hybridized carbons (Fsp3) is 0.500. The summed E-state index contributed by atoms with van der Waals surface area (Å²) in [7, 11) is 0. The molecule has 0 spiro atoms. The van der Waals surface area contributed by atoms with Gasteiger partial charge >= 0.3 is 0 Å². The quantitative estimate of drug-likeness (QED) is 0.778. The maximum atomic E-state index is 14.1. The van der Waals surface area contributed by atoms with E-state index in [1.165, 1.54) is 0 Å². The molecule has 2 N–H and O–H groups in total. The number of hydrogen-bond donors (Lipinski definition) is 2. The van der Waals surface area contributed by atoms with Gasteiger partial charge in [0.2, 0.25) is 0 Å². The minimum atomic E-state index is -1.28. The molecule has 2 rings (SSSR count). The lowest BCUT2D eigenvalue weighted by Gasteiger charge is -2.35. The van der Waals surface area contributed by atoms with Gasteiger partial charge in [-0.05, 0) is 31.5 Å². The average Bonchev–Trinajstić information content (AvgIpc) is 2.30. The third kappa shape index (κ3) is 2.19. The van der Waals surface area contributed by atoms with Crippen LogP contribution in [0.25, 0.3) is 0 Å². The van der Waals surface area contributed by atoms with Crippen LogP contribution in [0.5, 0.6) is 0 Å². The van der Waals surface area contributed by atoms with Crippen molar-refractivity contribution in [1.82, 2.24) is 5.32 Å². The number of benzene rings is 1. The van der Waals surface area contributed by atoms with Crippen LogP contribution in [-0.4, -0.2) is 23.8 Å². The molecule has 1 aromatic carbocycles. The standard InChI is InChI=1S/C12H16FNO/c13-11(10-4-2-1-3-5-10)12(15)6-8-14-9-7-12/h1-5,11,14-15H,6-9H2. The zero-order valence-corrected chi connectivity index (χ0v) is 8.62. The fourth-order valence-electron chi connectivity index (χ4n) is 2.05. The molecule has 1 aliphatic rings. The van der Waals surface area contributed by atoms with Gasteiger partial charge in [0, 0.05) is 0 Å². The van der Waals surface area contributed by atoms with Crippen molar-refractivity contribution in [3.8, 4) is 0 Å². The van der Waals surface area contributed by atoms with Crippen LogP contribution in [0.1, 0.15) is 24.6 Å². The Kier molecular flexibility index (Phi) is 3.03. The Morgan fingerprint density at radius 2 is 1.80 bits per heavy atom. The van der Waals surface area contributed by atoms with Crippen LogP contribution >= 0.6 is 0 Å². The molecule has 0 bridgehead atoms. The molecule has 0 radical (unpaired) electrons. The predicted octanol–water partition coefficient (Wildman–Crippen LogP) is 1.81. The van der Waals surface area contributed by atoms with E-state index in [1.54, 1.807) is 24.3 Å². The highest BCUT2D eigenvalue weighted by Crippen LogP contribution is 2.35. The van der Waals surface area contributed by atoms with Gasteiger partial charge in [-0.2, -0.15) is 0 Å². The molecule has 15 heavy (non-hydrogen) atoms. The van der Waals surface area contributed by atoms with Gasteiger partial charge < -0.3 is 10.4 Å². The number of nitrogens with one attached hydrogen (secondary N) is 1. The number of hydrogen-bond acceptors (Lipinski definition) is 2. The van der Waals surface area contributed by atoms with Crippen molar-refractivity contribution in [3.63, 3.8) is 0 Å². The van der Waals surface area contributed by atoms with Crippen molar-refractivity contribution in [2.75, 3.05) is 13.1 Å². The van der Waals surface area contributed by atoms with E-state index in [9.17, 15) is 9.50 Å². The largest absolute Gasteiger partial charge is 0.386 e. The van der Waals surface area contributed by atoms with Gasteiger partial charge in [0.1, 0.15) is 5.60 Å². The molecule has 1 fully saturated rings. The smallest absolute Gasteiger partial charge is 0.154 e. The lowest BCUT2D eigenvalue weighted by atomic mass is 9.84. The molecule has 1 aliphatic heterocycles. The molecular weight excluding hydrogens is 193 g/mol. The number of rotatable bonds is 2. The molecule has 1 aromatic rings. The van der Waals surface area contributed by atoms with E-state index in [1.807, 2.05) is 6.07 Å². The summed E-state index contributed by atoms with van der Waals surface area (Å²) in [5.74, 6) is 0. The van der Waals surface area contributed by atoms with E-state index < -0.39 is 11.8 Å². The Bertz CT molecular complexity index is 309. The van der Waals surface area contributed by atoms with Gasteiger partial charge in [-0.15, -0.1) is 0 Å². The summed E-state index contributed by atoms with van der Waals surface area (Å²) in [4.78, 5) is 0. The van der Waals surface area contributed by atoms with Crippen LogP contribution in [0.15, 0.2) is 30.3 Å². The minimum absolute atomic E-state index is 0.475. The summed E-state index contributed by atoms with van der Waals surface area (Å²) in [6, 6.07) is 8.90. The predicted molar refractivity (Wildman–Crippen MR) is 57.3 cm³/mol. The molecule has 1 heterocycles. The van der Waals surface area contributed by atoms with E-state index in [2.05, 4.69) is 5.32 Å². The van der Waals surface area contributed by atoms with Gasteiger partial charge in [0.25, 0.3) is 0 Å². The highest BCUT2D eigenvalue weighted by Gasteiger charge is 2.38. The first-order valence-electron chi connectivity index (χ1n) is 5.34. The van der Waals surface area contributed by atoms with E-state index in [4.69, 9.17) is 0 Å². The maximum absolute atomic E-state index is 14.1. The van der Waals surface area contributed by atoms with Crippen LogP contribution in [-0.2, 0) is 0 Å². The number of aliphatic hydroxyl groups is 1. The second-order valence-electron chi connectivity index (χ2n) is 4.13. The number of piperidine rings is 1. The van der Waals surface area contributed by atoms with E-state index in [0.717, 1.165) is 0 Å². The third-order valence-electron chi connectivity index (χ3n) is 3.03. The molecule has 82 valence electrons. The molecule has 0 saturated carbocycles. The monoisotopic (exact) mass is 209 g/mol. The molecular formula is C12H16FNO. The Morgan fingerprint density at radius 1 is 1.20 bits per heavy atom. The summed E-state index contributed by atoms with van der Waals surface area (Å²) in [5, 5.41) is 13.3. The van der Waals surface area contributed by atoms with Gasteiger partial charge in [0.05, 0.1) is 0 Å². The molecule has 0 aliphatic carbocycles. The Labute approximate surface area is 89.1 Å². The minimum Gasteiger partial charge on any atom is -0.386 e. The lowest BCUT2D eigenvalue weighted by molar-refractivity contribution is -0.0592. The van der Waals surface area contributed by atoms with E-state index >= 15 is 0 Å². The van der Waals surface area contributed by atoms with Crippen LogP contribution in [0.4, 0.5) is 4.39 Å². The highest BCUT2D eigenvalue weighted by molar-refractivity contribution is 5.20. The van der Waals surface area contributed by atoms with Crippen molar-refractivity contribution < 1.29 is 9.50 Å². The molecule has 1 atom stereocenters. The molecule has 0 amide bonds. The maximum Gasteiger partial charge on any atom is 0.154 e. The lowest BCUT2D eigenvalue weighted by Crippen LogP contribution is -2.44. The zero-order chi connectivity index (χ0) is 10.7. The second kappa shape index (κ2) is 4.29. The molecule has 0 aromatic heterocycles. The van der Waals surface area contributed by atoms with E-state index in [0.29, 0.717) is 31.5 Å².